The molecule has 4 aromatic rings. The van der Waals surface area contributed by atoms with Gasteiger partial charge in [-0.15, -0.1) is 0 Å². The predicted molar refractivity (Wildman–Crippen MR) is 87.6 cm³/mol. The van der Waals surface area contributed by atoms with E-state index < -0.39 is 0 Å². The summed E-state index contributed by atoms with van der Waals surface area (Å²) in [7, 11) is 0. The van der Waals surface area contributed by atoms with Crippen molar-refractivity contribution in [2.24, 2.45) is 0 Å². The third-order valence-corrected chi connectivity index (χ3v) is 3.71. The number of halogens is 1. The van der Waals surface area contributed by atoms with Gasteiger partial charge in [0.05, 0.1) is 17.2 Å². The fraction of sp³-hybridized carbons (Fsp3) is 0. The number of hydrogen-bond acceptors (Lipinski definition) is 6. The zero-order valence-electron chi connectivity index (χ0n) is 11.5. The molecule has 0 saturated carbocycles. The fourth-order valence-corrected chi connectivity index (χ4v) is 2.55. The number of aromatic nitrogens is 5. The Morgan fingerprint density at radius 2 is 2.00 bits per heavy atom. The number of fused-ring (bicyclic) bond motifs is 1. The molecule has 0 amide bonds. The number of nitrogens with two attached hydrogens (primary N) is 1. The summed E-state index contributed by atoms with van der Waals surface area (Å²) >= 11 is 3.25. The Morgan fingerprint density at radius 1 is 1.17 bits per heavy atom. The van der Waals surface area contributed by atoms with E-state index in [2.05, 4.69) is 41.0 Å². The molecule has 3 heterocycles. The van der Waals surface area contributed by atoms with Gasteiger partial charge in [-0.2, -0.15) is 0 Å². The maximum Gasteiger partial charge on any atom is 0.323 e. The van der Waals surface area contributed by atoms with Crippen molar-refractivity contribution in [1.82, 2.24) is 25.1 Å². The number of anilines is 1. The van der Waals surface area contributed by atoms with Gasteiger partial charge >= 0.3 is 5.69 Å². The first kappa shape index (κ1) is 13.7. The molecule has 0 aliphatic rings. The second-order valence-electron chi connectivity index (χ2n) is 4.84. The maximum atomic E-state index is 11.3. The molecule has 0 unspecified atom stereocenters. The summed E-state index contributed by atoms with van der Waals surface area (Å²) in [5, 5.41) is 4.03. The zero-order valence-corrected chi connectivity index (χ0v) is 13.1. The summed E-state index contributed by atoms with van der Waals surface area (Å²) in [6.07, 6.45) is 1.51. The quantitative estimate of drug-likeness (QED) is 0.495. The number of nitrogens with one attached hydrogen (secondary N) is 2. The van der Waals surface area contributed by atoms with Gasteiger partial charge in [0.15, 0.2) is 17.3 Å². The molecule has 3 aromatic heterocycles. The van der Waals surface area contributed by atoms with Gasteiger partial charge in [0, 0.05) is 11.6 Å². The topological polar surface area (TPSA) is 126 Å². The largest absolute Gasteiger partial charge is 0.382 e. The van der Waals surface area contributed by atoms with Gasteiger partial charge in [-0.3, -0.25) is 0 Å². The Labute approximate surface area is 136 Å². The van der Waals surface area contributed by atoms with E-state index in [1.807, 2.05) is 12.1 Å². The van der Waals surface area contributed by atoms with Crippen molar-refractivity contribution in [2.45, 2.75) is 0 Å². The number of aromatic amines is 2. The molecule has 0 aliphatic carbocycles. The van der Waals surface area contributed by atoms with Crippen molar-refractivity contribution in [2.75, 3.05) is 5.73 Å². The Hall–Kier alpha value is -2.94. The molecule has 0 bridgehead atoms. The van der Waals surface area contributed by atoms with Crippen LogP contribution in [0.4, 0.5) is 5.82 Å². The zero-order chi connectivity index (χ0) is 16.0. The van der Waals surface area contributed by atoms with Crippen LogP contribution in [0, 0.1) is 0 Å². The highest BCUT2D eigenvalue weighted by Crippen LogP contribution is 2.29. The van der Waals surface area contributed by atoms with Crippen LogP contribution in [-0.2, 0) is 0 Å². The lowest BCUT2D eigenvalue weighted by molar-refractivity contribution is 0.433. The van der Waals surface area contributed by atoms with Crippen molar-refractivity contribution >= 4 is 32.8 Å². The second kappa shape index (κ2) is 5.06. The summed E-state index contributed by atoms with van der Waals surface area (Å²) in [5.41, 5.74) is 8.79. The van der Waals surface area contributed by atoms with Gasteiger partial charge in [0.25, 0.3) is 0 Å². The molecule has 8 nitrogen and oxygen atoms in total. The summed E-state index contributed by atoms with van der Waals surface area (Å²) in [6.45, 7) is 0. The van der Waals surface area contributed by atoms with E-state index in [0.717, 1.165) is 11.1 Å². The Kier molecular flexibility index (Phi) is 3.01. The number of H-pyrrole nitrogens is 2. The van der Waals surface area contributed by atoms with Gasteiger partial charge in [-0.1, -0.05) is 11.2 Å². The molecule has 0 fully saturated rings. The average Bonchev–Trinajstić information content (AvgIpc) is 3.14. The van der Waals surface area contributed by atoms with Crippen LogP contribution in [0.2, 0.25) is 0 Å². The van der Waals surface area contributed by atoms with E-state index >= 15 is 0 Å². The summed E-state index contributed by atoms with van der Waals surface area (Å²) in [4.78, 5) is 25.0. The van der Waals surface area contributed by atoms with Gasteiger partial charge in [-0.25, -0.2) is 14.8 Å². The van der Waals surface area contributed by atoms with Crippen LogP contribution in [0.5, 0.6) is 0 Å². The third-order valence-electron chi connectivity index (χ3n) is 3.33. The molecule has 0 spiro atoms. The van der Waals surface area contributed by atoms with Crippen LogP contribution in [0.3, 0.4) is 0 Å². The first-order chi connectivity index (χ1) is 11.1. The number of nitrogen functional groups attached to an aromatic ring is 1. The lowest BCUT2D eigenvalue weighted by Gasteiger charge is -1.99. The van der Waals surface area contributed by atoms with Crippen LogP contribution in [0.15, 0.2) is 44.4 Å². The van der Waals surface area contributed by atoms with Crippen molar-refractivity contribution in [1.29, 1.82) is 0 Å². The SMILES string of the molecule is Nc1ncc(Br)nc1-c1cc(-c2ccc3[nH]c(=O)[nH]c3c2)no1. The molecule has 0 saturated heterocycles. The maximum absolute atomic E-state index is 11.3. The lowest BCUT2D eigenvalue weighted by Crippen LogP contribution is -1.99. The van der Waals surface area contributed by atoms with E-state index in [1.54, 1.807) is 12.1 Å². The molecule has 4 rings (SSSR count). The Balaban J connectivity index is 1.79. The number of hydrogen-bond donors (Lipinski definition) is 3. The fourth-order valence-electron chi connectivity index (χ4n) is 2.27. The second-order valence-corrected chi connectivity index (χ2v) is 5.65. The highest BCUT2D eigenvalue weighted by atomic mass is 79.9. The van der Waals surface area contributed by atoms with Crippen molar-refractivity contribution in [3.8, 4) is 22.7 Å². The third kappa shape index (κ3) is 2.40. The van der Waals surface area contributed by atoms with Gasteiger partial charge in [-0.05, 0) is 28.1 Å². The van der Waals surface area contributed by atoms with Crippen molar-refractivity contribution < 1.29 is 4.52 Å². The molecule has 0 aliphatic heterocycles. The number of benzene rings is 1. The number of rotatable bonds is 2. The first-order valence-electron chi connectivity index (χ1n) is 6.58. The minimum Gasteiger partial charge on any atom is -0.382 e. The molecule has 1 aromatic carbocycles. The van der Waals surface area contributed by atoms with E-state index in [1.165, 1.54) is 6.20 Å². The molecule has 9 heteroatoms. The van der Waals surface area contributed by atoms with Crippen LogP contribution in [0.1, 0.15) is 0 Å². The molecular weight excluding hydrogens is 364 g/mol. The van der Waals surface area contributed by atoms with Crippen LogP contribution in [-0.4, -0.2) is 25.1 Å². The average molecular weight is 373 g/mol. The highest BCUT2D eigenvalue weighted by Gasteiger charge is 2.14. The molecule has 0 atom stereocenters. The highest BCUT2D eigenvalue weighted by molar-refractivity contribution is 9.10. The van der Waals surface area contributed by atoms with Gasteiger partial charge in [0.1, 0.15) is 10.3 Å². The normalized spacial score (nSPS) is 11.2. The van der Waals surface area contributed by atoms with Crippen molar-refractivity contribution in [3.63, 3.8) is 0 Å². The monoisotopic (exact) mass is 372 g/mol. The van der Waals surface area contributed by atoms with Crippen LogP contribution < -0.4 is 11.4 Å². The summed E-state index contributed by atoms with van der Waals surface area (Å²) in [6, 6.07) is 7.16. The minimum atomic E-state index is -0.254. The van der Waals surface area contributed by atoms with E-state index in [9.17, 15) is 4.79 Å². The summed E-state index contributed by atoms with van der Waals surface area (Å²) in [5.74, 6) is 0.662. The van der Waals surface area contributed by atoms with Crippen molar-refractivity contribution in [3.05, 3.63) is 45.5 Å². The van der Waals surface area contributed by atoms with Gasteiger partial charge in [0.2, 0.25) is 0 Å². The smallest absolute Gasteiger partial charge is 0.323 e. The standard InChI is InChI=1S/C14H9BrN6O2/c15-11-5-17-13(16)12(20-11)10-4-8(21-23-10)6-1-2-7-9(3-6)19-14(22)18-7/h1-5H,(H2,16,17)(H2,18,19,22). The van der Waals surface area contributed by atoms with E-state index in [4.69, 9.17) is 10.3 Å². The lowest BCUT2D eigenvalue weighted by atomic mass is 10.1. The van der Waals surface area contributed by atoms with Crippen LogP contribution in [0.25, 0.3) is 33.7 Å². The first-order valence-corrected chi connectivity index (χ1v) is 7.37. The van der Waals surface area contributed by atoms with Crippen LogP contribution >= 0.6 is 15.9 Å². The molecule has 0 radical (unpaired) electrons. The Morgan fingerprint density at radius 3 is 2.87 bits per heavy atom. The molecule has 114 valence electrons. The predicted octanol–water partition coefficient (Wildman–Crippen LogP) is 2.31. The molecule has 4 N–H and O–H groups in total. The number of imidazole rings is 1. The molecule has 23 heavy (non-hydrogen) atoms. The Bertz CT molecular complexity index is 1080. The summed E-state index contributed by atoms with van der Waals surface area (Å²) < 4.78 is 5.87. The number of nitrogens with zero attached hydrogens (tertiary/aromatic N) is 3. The van der Waals surface area contributed by atoms with E-state index in [-0.39, 0.29) is 11.5 Å². The minimum absolute atomic E-state index is 0.251. The molecular formula is C14H9BrN6O2. The van der Waals surface area contributed by atoms with Gasteiger partial charge < -0.3 is 20.2 Å². The van der Waals surface area contributed by atoms with E-state index in [0.29, 0.717) is 27.3 Å².